The molecule has 0 bridgehead atoms. The number of hydrogen-bond donors (Lipinski definition) is 5. The largest absolute Gasteiger partial charge is 0.545 e. The monoisotopic (exact) mass is 1180 g/mol. The third-order valence-corrected chi connectivity index (χ3v) is 15.8. The van der Waals surface area contributed by atoms with Crippen LogP contribution in [0.4, 0.5) is 17.1 Å². The van der Waals surface area contributed by atoms with Crippen LogP contribution in [0.1, 0.15) is 141 Å². The smallest absolute Gasteiger partial charge is 0.274 e. The van der Waals surface area contributed by atoms with Gasteiger partial charge in [-0.15, -0.1) is 0 Å². The molecule has 1 fully saturated rings. The molecule has 0 saturated heterocycles. The maximum Gasteiger partial charge on any atom is 0.274 e. The van der Waals surface area contributed by atoms with Gasteiger partial charge in [0.1, 0.15) is 42.8 Å². The molecule has 2 aliphatic carbocycles. The molecule has 5 N–H and O–H groups in total. The van der Waals surface area contributed by atoms with Crippen molar-refractivity contribution in [3.05, 3.63) is 159 Å². The van der Waals surface area contributed by atoms with Gasteiger partial charge in [-0.3, -0.25) is 33.8 Å². The molecule has 0 aliphatic heterocycles. The van der Waals surface area contributed by atoms with Gasteiger partial charge in [0.2, 0.25) is 11.8 Å². The van der Waals surface area contributed by atoms with E-state index in [1.165, 1.54) is 56.5 Å². The van der Waals surface area contributed by atoms with Crippen LogP contribution in [0, 0.1) is 25.7 Å². The number of nitrogens with zero attached hydrogens (tertiary/aromatic N) is 1. The van der Waals surface area contributed by atoms with Gasteiger partial charge in [0.25, 0.3) is 17.7 Å². The van der Waals surface area contributed by atoms with Crippen LogP contribution in [0.15, 0.2) is 109 Å². The van der Waals surface area contributed by atoms with E-state index in [-0.39, 0.29) is 83.3 Å². The minimum atomic E-state index is -1.42. The van der Waals surface area contributed by atoms with Crippen molar-refractivity contribution >= 4 is 70.0 Å². The average Bonchev–Trinajstić information content (AvgIpc) is 2.08. The summed E-state index contributed by atoms with van der Waals surface area (Å²) >= 11 is 6.43. The summed E-state index contributed by atoms with van der Waals surface area (Å²) in [6, 6.07) is 28.6. The Bertz CT molecular complexity index is 3390. The Hall–Kier alpha value is -8.61. The molecule has 1 heterocycles. The Morgan fingerprint density at radius 2 is 1.31 bits per heavy atom. The summed E-state index contributed by atoms with van der Waals surface area (Å²) in [6.07, 6.45) is 14.5. The molecule has 0 spiro atoms. The van der Waals surface area contributed by atoms with Crippen LogP contribution in [0.2, 0.25) is 5.02 Å². The number of methoxy groups -OCH3 is 1. The first-order valence-electron chi connectivity index (χ1n) is 29.0. The number of nitrogens with one attached hydrogen (secondary N) is 5. The molecule has 5 aromatic carbocycles. The average molecular weight is 1180 g/mol. The first-order valence-corrected chi connectivity index (χ1v) is 29.3. The third-order valence-electron chi connectivity index (χ3n) is 15.5. The SMILES string of the molecule is COc1cc(NC(=O)c2ccccn2)ccc1NC(=O)c1ccc(NC(=O)COCC(=O)NCCCCCCCCCCNC(=O)COc2ccc(-c3cccc(COc4cc5c(c(C)c4C)C(=O)C(C4CCCC4)C5)c3)cc2C(=O)[O-])cc1Cl. The first-order chi connectivity index (χ1) is 41.1. The second kappa shape index (κ2) is 30.8. The molecule has 446 valence electrons. The van der Waals surface area contributed by atoms with Crippen LogP contribution in [0.5, 0.6) is 17.2 Å². The predicted molar refractivity (Wildman–Crippen MR) is 322 cm³/mol. The van der Waals surface area contributed by atoms with Gasteiger partial charge in [0.05, 0.1) is 29.4 Å². The second-order valence-corrected chi connectivity index (χ2v) is 21.9. The molecular formula is C66H72ClN6O12-. The molecule has 1 atom stereocenters. The summed E-state index contributed by atoms with van der Waals surface area (Å²) < 4.78 is 22.8. The van der Waals surface area contributed by atoms with Gasteiger partial charge in [-0.25, -0.2) is 0 Å². The van der Waals surface area contributed by atoms with Crippen molar-refractivity contribution in [1.29, 1.82) is 0 Å². The number of benzene rings is 5. The maximum absolute atomic E-state index is 13.5. The molecule has 2 aliphatic rings. The number of aromatic carboxylic acids is 1. The van der Waals surface area contributed by atoms with Crippen LogP contribution in [-0.2, 0) is 32.1 Å². The van der Waals surface area contributed by atoms with Crippen LogP contribution in [-0.4, -0.2) is 86.3 Å². The zero-order chi connectivity index (χ0) is 60.2. The Balaban J connectivity index is 0.641. The summed E-state index contributed by atoms with van der Waals surface area (Å²) in [5, 5.41) is 26.1. The van der Waals surface area contributed by atoms with E-state index in [1.54, 1.807) is 42.5 Å². The predicted octanol–water partition coefficient (Wildman–Crippen LogP) is 10.4. The Labute approximate surface area is 500 Å². The fourth-order valence-electron chi connectivity index (χ4n) is 10.8. The highest BCUT2D eigenvalue weighted by Gasteiger charge is 2.39. The Morgan fingerprint density at radius 3 is 2.00 bits per heavy atom. The van der Waals surface area contributed by atoms with Gasteiger partial charge < -0.3 is 55.4 Å². The van der Waals surface area contributed by atoms with Gasteiger partial charge in [-0.2, -0.15) is 0 Å². The van der Waals surface area contributed by atoms with Crippen molar-refractivity contribution in [2.24, 2.45) is 11.8 Å². The van der Waals surface area contributed by atoms with Crippen molar-refractivity contribution in [2.45, 2.75) is 104 Å². The fourth-order valence-corrected chi connectivity index (χ4v) is 11.1. The van der Waals surface area contributed by atoms with Gasteiger partial charge in [0, 0.05) is 53.8 Å². The standard InChI is InChI=1S/C66H73ClN6O12/c1-41-42(2)62-47(33-51(63(62)77)44-18-10-11-19-44)34-57(41)84-37-43-17-16-20-45(31-43)46-22-27-56(52(32-46)66(80)81)85-40-60(75)70-30-14-9-7-5-4-6-8-13-29-69-59(74)38-83-39-61(76)71-48-23-25-50(53(67)35-48)64(78)73-54-26-24-49(36-58(54)82-3)72-65(79)55-21-12-15-28-68-55/h12,15-17,20-28,31-32,34-36,44,51H,4-11,13-14,18-19,29-30,33,37-40H2,1-3H3,(H,69,74)(H,70,75)(H,71,76)(H,72,79)(H,73,78)(H,80,81)/p-1. The van der Waals surface area contributed by atoms with Crippen LogP contribution in [0.3, 0.4) is 0 Å². The zero-order valence-corrected chi connectivity index (χ0v) is 49.0. The van der Waals surface area contributed by atoms with Crippen LogP contribution in [0.25, 0.3) is 11.1 Å². The Morgan fingerprint density at radius 1 is 0.624 bits per heavy atom. The number of carboxylic acids is 1. The van der Waals surface area contributed by atoms with Crippen molar-refractivity contribution < 1.29 is 57.6 Å². The first kappa shape index (κ1) is 62.4. The molecule has 6 aromatic rings. The minimum Gasteiger partial charge on any atom is -0.545 e. The van der Waals surface area contributed by atoms with E-state index >= 15 is 0 Å². The number of amides is 5. The van der Waals surface area contributed by atoms with Crippen molar-refractivity contribution in [2.75, 3.05) is 56.0 Å². The number of carbonyl (C=O) groups is 7. The van der Waals surface area contributed by atoms with Gasteiger partial charge in [-0.05, 0) is 152 Å². The molecule has 0 radical (unpaired) electrons. The van der Waals surface area contributed by atoms with Crippen LogP contribution >= 0.6 is 11.6 Å². The lowest BCUT2D eigenvalue weighted by Gasteiger charge is -2.16. The van der Waals surface area contributed by atoms with E-state index in [9.17, 15) is 38.7 Å². The number of halogens is 1. The van der Waals surface area contributed by atoms with E-state index in [0.717, 1.165) is 110 Å². The van der Waals surface area contributed by atoms with E-state index in [1.807, 2.05) is 44.2 Å². The molecule has 1 saturated carbocycles. The number of ketones is 1. The molecule has 18 nitrogen and oxygen atoms in total. The number of pyridine rings is 1. The molecule has 1 unspecified atom stereocenters. The summed E-state index contributed by atoms with van der Waals surface area (Å²) in [5.74, 6) is -1.65. The molecule has 85 heavy (non-hydrogen) atoms. The number of aromatic nitrogens is 1. The lowest BCUT2D eigenvalue weighted by atomic mass is 9.87. The summed E-state index contributed by atoms with van der Waals surface area (Å²) in [5.41, 5.74) is 7.52. The molecule has 8 rings (SSSR count). The number of hydrogen-bond acceptors (Lipinski definition) is 13. The third kappa shape index (κ3) is 17.5. The van der Waals surface area contributed by atoms with Gasteiger partial charge in [0.15, 0.2) is 12.4 Å². The van der Waals surface area contributed by atoms with Crippen LogP contribution < -0.4 is 45.9 Å². The highest BCUT2D eigenvalue weighted by atomic mass is 35.5. The van der Waals surface area contributed by atoms with Gasteiger partial charge in [-0.1, -0.05) is 93.3 Å². The Kier molecular flexibility index (Phi) is 22.6. The molecule has 5 amide bonds. The minimum absolute atomic E-state index is 0.0407. The lowest BCUT2D eigenvalue weighted by molar-refractivity contribution is -0.255. The fraction of sp³-hybridized carbons (Fsp3) is 0.364. The van der Waals surface area contributed by atoms with E-state index in [2.05, 4.69) is 31.6 Å². The molecule has 19 heteroatoms. The summed E-state index contributed by atoms with van der Waals surface area (Å²) in [6.45, 7) is 4.23. The number of fused-ring (bicyclic) bond motifs is 1. The van der Waals surface area contributed by atoms with Crippen molar-refractivity contribution in [3.8, 4) is 28.4 Å². The highest BCUT2D eigenvalue weighted by molar-refractivity contribution is 6.34. The molecule has 1 aromatic heterocycles. The number of carboxylic acid groups (broad SMARTS) is 1. The van der Waals surface area contributed by atoms with E-state index < -0.39 is 23.7 Å². The second-order valence-electron chi connectivity index (χ2n) is 21.5. The number of rotatable bonds is 30. The van der Waals surface area contributed by atoms with Crippen molar-refractivity contribution in [1.82, 2.24) is 15.6 Å². The number of anilines is 3. The number of ether oxygens (including phenoxy) is 4. The van der Waals surface area contributed by atoms with Crippen molar-refractivity contribution in [3.63, 3.8) is 0 Å². The lowest BCUT2D eigenvalue weighted by Crippen LogP contribution is -2.30. The number of Topliss-reactive ketones (excluding diaryl/α,β-unsaturated/α-hetero) is 1. The zero-order valence-electron chi connectivity index (χ0n) is 48.2. The molecular weight excluding hydrogens is 1100 g/mol. The van der Waals surface area contributed by atoms with Gasteiger partial charge >= 0.3 is 0 Å². The normalized spacial score (nSPS) is 13.6. The number of carbonyl (C=O) groups excluding carboxylic acids is 7. The summed E-state index contributed by atoms with van der Waals surface area (Å²) in [7, 11) is 1.43. The van der Waals surface area contributed by atoms with E-state index in [4.69, 9.17) is 30.5 Å². The van der Waals surface area contributed by atoms with E-state index in [0.29, 0.717) is 41.6 Å². The topological polar surface area (TPSA) is 253 Å². The maximum atomic E-state index is 13.5. The quantitative estimate of drug-likeness (QED) is 0.0264. The summed E-state index contributed by atoms with van der Waals surface area (Å²) in [4.78, 5) is 92.9. The number of unbranched alkanes of at least 4 members (excludes halogenated alkanes) is 7. The highest BCUT2D eigenvalue weighted by Crippen LogP contribution is 2.43.